The molecule has 5 nitrogen and oxygen atoms in total. The van der Waals surface area contributed by atoms with E-state index in [1.165, 1.54) is 42.3 Å². The van der Waals surface area contributed by atoms with Crippen LogP contribution in [0.15, 0.2) is 48.5 Å². The van der Waals surface area contributed by atoms with Crippen LogP contribution in [0.5, 0.6) is 0 Å². The Bertz CT molecular complexity index is 919. The smallest absolute Gasteiger partial charge is 0.243 e. The number of hydrogen-bond acceptors (Lipinski definition) is 4. The second-order valence-electron chi connectivity index (χ2n) is 6.46. The van der Waals surface area contributed by atoms with Gasteiger partial charge in [-0.25, -0.2) is 12.8 Å². The first-order valence-corrected chi connectivity index (χ1v) is 11.9. The number of halogens is 1. The van der Waals surface area contributed by atoms with Gasteiger partial charge in [-0.15, -0.1) is 0 Å². The number of benzene rings is 2. The Morgan fingerprint density at radius 2 is 1.82 bits per heavy atom. The molecule has 2 aromatic rings. The number of sulfonamides is 1. The molecule has 0 saturated carbocycles. The molecule has 0 bridgehead atoms. The molecule has 1 unspecified atom stereocenters. The highest BCUT2D eigenvalue weighted by molar-refractivity contribution is 7.98. The molecule has 0 aliphatic rings. The summed E-state index contributed by atoms with van der Waals surface area (Å²) in [6.45, 7) is 3.90. The number of anilines is 1. The Morgan fingerprint density at radius 3 is 2.46 bits per heavy atom. The SMILES string of the molecule is Cc1ccccc1CSCCNC(=O)C(C)N(c1ccccc1F)S(C)(=O)=O. The number of carbonyl (C=O) groups is 1. The topological polar surface area (TPSA) is 66.5 Å². The molecule has 0 aromatic heterocycles. The highest BCUT2D eigenvalue weighted by Crippen LogP contribution is 2.24. The van der Waals surface area contributed by atoms with E-state index in [1.54, 1.807) is 11.8 Å². The van der Waals surface area contributed by atoms with Gasteiger partial charge in [-0.05, 0) is 37.1 Å². The van der Waals surface area contributed by atoms with Crippen LogP contribution >= 0.6 is 11.8 Å². The first-order chi connectivity index (χ1) is 13.2. The summed E-state index contributed by atoms with van der Waals surface area (Å²) in [5.41, 5.74) is 2.33. The first kappa shape index (κ1) is 22.2. The number of nitrogens with zero attached hydrogens (tertiary/aromatic N) is 1. The van der Waals surface area contributed by atoms with E-state index in [0.717, 1.165) is 16.3 Å². The minimum atomic E-state index is -3.83. The van der Waals surface area contributed by atoms with Gasteiger partial charge in [0.25, 0.3) is 0 Å². The van der Waals surface area contributed by atoms with Crippen molar-refractivity contribution in [3.05, 3.63) is 65.5 Å². The third-order valence-electron chi connectivity index (χ3n) is 4.24. The minimum Gasteiger partial charge on any atom is -0.353 e. The lowest BCUT2D eigenvalue weighted by atomic mass is 10.1. The van der Waals surface area contributed by atoms with Crippen molar-refractivity contribution in [1.29, 1.82) is 0 Å². The molecule has 2 rings (SSSR count). The van der Waals surface area contributed by atoms with Crippen molar-refractivity contribution in [3.63, 3.8) is 0 Å². The van der Waals surface area contributed by atoms with Crippen LogP contribution in [-0.2, 0) is 20.6 Å². The Hall–Kier alpha value is -2.06. The van der Waals surface area contributed by atoms with Crippen molar-refractivity contribution in [3.8, 4) is 0 Å². The number of thioether (sulfide) groups is 1. The van der Waals surface area contributed by atoms with E-state index in [-0.39, 0.29) is 5.69 Å². The number of aryl methyl sites for hydroxylation is 1. The maximum Gasteiger partial charge on any atom is 0.243 e. The van der Waals surface area contributed by atoms with Gasteiger partial charge in [-0.2, -0.15) is 11.8 Å². The van der Waals surface area contributed by atoms with Crippen LogP contribution in [0.25, 0.3) is 0 Å². The fraction of sp³-hybridized carbons (Fsp3) is 0.350. The maximum atomic E-state index is 14.1. The third-order valence-corrected chi connectivity index (χ3v) is 6.48. The summed E-state index contributed by atoms with van der Waals surface area (Å²) in [5.74, 6) is 0.361. The molecule has 0 radical (unpaired) electrons. The number of carbonyl (C=O) groups excluding carboxylic acids is 1. The van der Waals surface area contributed by atoms with Gasteiger partial charge in [0.05, 0.1) is 11.9 Å². The lowest BCUT2D eigenvalue weighted by Gasteiger charge is -2.28. The molecular formula is C20H25FN2O3S2. The molecule has 8 heteroatoms. The summed E-state index contributed by atoms with van der Waals surface area (Å²) in [4.78, 5) is 12.5. The molecule has 0 fully saturated rings. The fourth-order valence-corrected chi connectivity index (χ4v) is 4.87. The van der Waals surface area contributed by atoms with Gasteiger partial charge >= 0.3 is 0 Å². The zero-order chi connectivity index (χ0) is 20.7. The molecular weight excluding hydrogens is 399 g/mol. The molecule has 0 aliphatic carbocycles. The Balaban J connectivity index is 1.93. The summed E-state index contributed by atoms with van der Waals surface area (Å²) in [7, 11) is -3.83. The number of amides is 1. The number of hydrogen-bond donors (Lipinski definition) is 1. The van der Waals surface area contributed by atoms with Crippen LogP contribution in [0.3, 0.4) is 0 Å². The highest BCUT2D eigenvalue weighted by Gasteiger charge is 2.30. The molecule has 152 valence electrons. The number of rotatable bonds is 9. The Morgan fingerprint density at radius 1 is 1.18 bits per heavy atom. The van der Waals surface area contributed by atoms with E-state index in [1.807, 2.05) is 12.1 Å². The van der Waals surface area contributed by atoms with E-state index in [0.29, 0.717) is 12.3 Å². The van der Waals surface area contributed by atoms with E-state index < -0.39 is 27.8 Å². The first-order valence-electron chi connectivity index (χ1n) is 8.85. The second kappa shape index (κ2) is 9.93. The van der Waals surface area contributed by atoms with Crippen molar-refractivity contribution in [2.75, 3.05) is 22.9 Å². The predicted octanol–water partition coefficient (Wildman–Crippen LogP) is 3.34. The van der Waals surface area contributed by atoms with Gasteiger partial charge in [0.15, 0.2) is 0 Å². The fourth-order valence-electron chi connectivity index (χ4n) is 2.76. The predicted molar refractivity (Wildman–Crippen MR) is 114 cm³/mol. The Kier molecular flexibility index (Phi) is 7.88. The molecule has 0 aliphatic heterocycles. The van der Waals surface area contributed by atoms with Crippen LogP contribution in [-0.4, -0.2) is 38.9 Å². The Labute approximate surface area is 170 Å². The van der Waals surface area contributed by atoms with Gasteiger partial charge < -0.3 is 5.32 Å². The molecule has 0 heterocycles. The molecule has 28 heavy (non-hydrogen) atoms. The van der Waals surface area contributed by atoms with Crippen LogP contribution in [0, 0.1) is 12.7 Å². The molecule has 2 aromatic carbocycles. The van der Waals surface area contributed by atoms with Crippen LogP contribution in [0.4, 0.5) is 10.1 Å². The van der Waals surface area contributed by atoms with Gasteiger partial charge in [0.1, 0.15) is 11.9 Å². The second-order valence-corrected chi connectivity index (χ2v) is 9.42. The van der Waals surface area contributed by atoms with Crippen LogP contribution < -0.4 is 9.62 Å². The van der Waals surface area contributed by atoms with Gasteiger partial charge in [0.2, 0.25) is 15.9 Å². The van der Waals surface area contributed by atoms with Gasteiger partial charge in [0, 0.05) is 18.1 Å². The number of nitrogens with one attached hydrogen (secondary N) is 1. The molecule has 1 atom stereocenters. The summed E-state index contributed by atoms with van der Waals surface area (Å²) >= 11 is 1.68. The van der Waals surface area contributed by atoms with Crippen molar-refractivity contribution < 1.29 is 17.6 Å². The average molecular weight is 425 g/mol. The van der Waals surface area contributed by atoms with E-state index in [2.05, 4.69) is 24.4 Å². The normalized spacial score (nSPS) is 12.4. The lowest BCUT2D eigenvalue weighted by molar-refractivity contribution is -0.121. The van der Waals surface area contributed by atoms with Crippen molar-refractivity contribution >= 4 is 33.4 Å². The standard InChI is InChI=1S/C20H25FN2O3S2/c1-15-8-4-5-9-17(15)14-27-13-12-22-20(24)16(2)23(28(3,25)26)19-11-7-6-10-18(19)21/h4-11,16H,12-14H2,1-3H3,(H,22,24). The highest BCUT2D eigenvalue weighted by atomic mass is 32.2. The zero-order valence-electron chi connectivity index (χ0n) is 16.2. The summed E-state index contributed by atoms with van der Waals surface area (Å²) < 4.78 is 39.3. The minimum absolute atomic E-state index is 0.137. The lowest BCUT2D eigenvalue weighted by Crippen LogP contribution is -2.48. The van der Waals surface area contributed by atoms with Crippen LogP contribution in [0.1, 0.15) is 18.1 Å². The number of para-hydroxylation sites is 1. The largest absolute Gasteiger partial charge is 0.353 e. The maximum absolute atomic E-state index is 14.1. The van der Waals surface area contributed by atoms with Crippen LogP contribution in [0.2, 0.25) is 0 Å². The van der Waals surface area contributed by atoms with Crippen molar-refractivity contribution in [2.45, 2.75) is 25.6 Å². The van der Waals surface area contributed by atoms with Crippen molar-refractivity contribution in [1.82, 2.24) is 5.32 Å². The van der Waals surface area contributed by atoms with E-state index >= 15 is 0 Å². The zero-order valence-corrected chi connectivity index (χ0v) is 17.8. The van der Waals surface area contributed by atoms with E-state index in [9.17, 15) is 17.6 Å². The monoisotopic (exact) mass is 424 g/mol. The molecule has 1 N–H and O–H groups in total. The van der Waals surface area contributed by atoms with Gasteiger partial charge in [-0.3, -0.25) is 9.10 Å². The quantitative estimate of drug-likeness (QED) is 0.627. The average Bonchev–Trinajstić information content (AvgIpc) is 2.63. The van der Waals surface area contributed by atoms with E-state index in [4.69, 9.17) is 0 Å². The molecule has 0 saturated heterocycles. The molecule has 1 amide bonds. The summed E-state index contributed by atoms with van der Waals surface area (Å²) in [6.07, 6.45) is 0.960. The van der Waals surface area contributed by atoms with Crippen molar-refractivity contribution in [2.24, 2.45) is 0 Å². The third kappa shape index (κ3) is 5.97. The summed E-state index contributed by atoms with van der Waals surface area (Å²) in [6, 6.07) is 12.6. The molecule has 0 spiro atoms. The van der Waals surface area contributed by atoms with Gasteiger partial charge in [-0.1, -0.05) is 36.4 Å². The summed E-state index contributed by atoms with van der Waals surface area (Å²) in [5, 5.41) is 2.74.